The Kier molecular flexibility index (Phi) is 54.0. The summed E-state index contributed by atoms with van der Waals surface area (Å²) >= 11 is 0. The van der Waals surface area contributed by atoms with Crippen LogP contribution < -0.4 is 10.2 Å². The molecule has 0 saturated carbocycles. The number of allylic oxidation sites excluding steroid dienone is 4. The first-order valence-electron chi connectivity index (χ1n) is 31.7. The molecule has 0 aromatic carbocycles. The van der Waals surface area contributed by atoms with Gasteiger partial charge in [-0.05, 0) is 44.9 Å². The molecule has 3 unspecified atom stereocenters. The fourth-order valence-corrected chi connectivity index (χ4v) is 10.4. The highest BCUT2D eigenvalue weighted by molar-refractivity contribution is 7.45. The lowest BCUT2D eigenvalue weighted by atomic mass is 10.0. The second-order valence-electron chi connectivity index (χ2n) is 23.1. The van der Waals surface area contributed by atoms with Gasteiger partial charge in [0.05, 0.1) is 39.9 Å². The van der Waals surface area contributed by atoms with Crippen molar-refractivity contribution < 1.29 is 32.9 Å². The zero-order chi connectivity index (χ0) is 52.7. The van der Waals surface area contributed by atoms with E-state index in [1.54, 1.807) is 0 Å². The van der Waals surface area contributed by atoms with Gasteiger partial charge in [0.1, 0.15) is 13.2 Å². The lowest BCUT2D eigenvalue weighted by molar-refractivity contribution is -0.870. The Hall–Kier alpha value is -1.02. The van der Waals surface area contributed by atoms with E-state index in [2.05, 4.69) is 43.5 Å². The lowest BCUT2D eigenvalue weighted by Gasteiger charge is -2.30. The minimum atomic E-state index is -4.58. The second kappa shape index (κ2) is 54.8. The molecule has 8 nitrogen and oxygen atoms in total. The highest BCUT2D eigenvalue weighted by Gasteiger charge is 2.24. The molecule has 0 saturated heterocycles. The summed E-state index contributed by atoms with van der Waals surface area (Å²) in [5.74, 6) is -0.164. The van der Waals surface area contributed by atoms with Crippen LogP contribution in [-0.2, 0) is 18.4 Å². The molecule has 0 bridgehead atoms. The standard InChI is InChI=1S/C63H125N2O6P/c1-6-8-10-12-14-16-18-20-22-24-26-28-29-30-31-32-33-34-35-37-38-40-42-44-46-48-50-52-54-56-62(66)61(60-71-72(68,69)70-59-58-65(3,4)5)64-63(67)57-55-53-51-49-47-45-43-41-39-36-27-25-23-21-19-17-15-13-11-9-7-2/h19,21,25,27,61-62,66H,6-18,20,22-24,26,28-60H2,1-5H3,(H-,64,67,68,69)/b21-19-,27-25-. The predicted octanol–water partition coefficient (Wildman–Crippen LogP) is 18.9. The second-order valence-corrected chi connectivity index (χ2v) is 24.5. The fourth-order valence-electron chi connectivity index (χ4n) is 9.72. The van der Waals surface area contributed by atoms with Crippen LogP contribution in [0, 0.1) is 0 Å². The van der Waals surface area contributed by atoms with Gasteiger partial charge in [-0.2, -0.15) is 0 Å². The van der Waals surface area contributed by atoms with E-state index >= 15 is 0 Å². The van der Waals surface area contributed by atoms with Crippen LogP contribution in [0.3, 0.4) is 0 Å². The van der Waals surface area contributed by atoms with Crippen LogP contribution in [0.15, 0.2) is 24.3 Å². The molecule has 1 amide bonds. The predicted molar refractivity (Wildman–Crippen MR) is 312 cm³/mol. The van der Waals surface area contributed by atoms with Gasteiger partial charge in [-0.15, -0.1) is 0 Å². The summed E-state index contributed by atoms with van der Waals surface area (Å²) in [6, 6.07) is -0.803. The number of phosphoric ester groups is 1. The molecule has 0 heterocycles. The Balaban J connectivity index is 4.07. The van der Waals surface area contributed by atoms with Crippen LogP contribution in [0.4, 0.5) is 0 Å². The number of carbonyl (C=O) groups excluding carboxylic acids is 1. The van der Waals surface area contributed by atoms with Crippen LogP contribution in [0.1, 0.15) is 322 Å². The maximum Gasteiger partial charge on any atom is 0.268 e. The number of unbranched alkanes of at least 4 members (excludes halogenated alkanes) is 42. The first kappa shape index (κ1) is 71.0. The lowest BCUT2D eigenvalue weighted by Crippen LogP contribution is -2.46. The number of likely N-dealkylation sites (N-methyl/N-ethyl adjacent to an activating group) is 1. The molecule has 0 aliphatic carbocycles. The van der Waals surface area contributed by atoms with Gasteiger partial charge in [-0.3, -0.25) is 9.36 Å². The average molecular weight is 1040 g/mol. The topological polar surface area (TPSA) is 108 Å². The maximum absolute atomic E-state index is 13.0. The fraction of sp³-hybridized carbons (Fsp3) is 0.921. The summed E-state index contributed by atoms with van der Waals surface area (Å²) in [6.45, 7) is 4.76. The molecule has 9 heteroatoms. The van der Waals surface area contributed by atoms with Crippen molar-refractivity contribution in [1.82, 2.24) is 5.32 Å². The maximum atomic E-state index is 13.0. The largest absolute Gasteiger partial charge is 0.756 e. The Morgan fingerprint density at radius 3 is 1.15 bits per heavy atom. The summed E-state index contributed by atoms with van der Waals surface area (Å²) in [5.41, 5.74) is 0. The molecule has 3 atom stereocenters. The Bertz CT molecular complexity index is 1220. The summed E-state index contributed by atoms with van der Waals surface area (Å²) < 4.78 is 23.5. The Labute approximate surface area is 449 Å². The van der Waals surface area contributed by atoms with E-state index in [-0.39, 0.29) is 19.1 Å². The number of quaternary nitrogens is 1. The van der Waals surface area contributed by atoms with Gasteiger partial charge < -0.3 is 28.8 Å². The summed E-state index contributed by atoms with van der Waals surface area (Å²) in [6.07, 6.45) is 69.4. The molecule has 428 valence electrons. The number of nitrogens with one attached hydrogen (secondary N) is 1. The van der Waals surface area contributed by atoms with Gasteiger partial charge in [-0.1, -0.05) is 295 Å². The third kappa shape index (κ3) is 56.7. The van der Waals surface area contributed by atoms with Gasteiger partial charge in [0.25, 0.3) is 7.82 Å². The van der Waals surface area contributed by atoms with Crippen molar-refractivity contribution in [3.63, 3.8) is 0 Å². The zero-order valence-corrected chi connectivity index (χ0v) is 49.8. The molecule has 0 aliphatic rings. The molecule has 0 spiro atoms. The Morgan fingerprint density at radius 2 is 0.806 bits per heavy atom. The van der Waals surface area contributed by atoms with Crippen molar-refractivity contribution in [3.8, 4) is 0 Å². The average Bonchev–Trinajstić information content (AvgIpc) is 3.34. The SMILES string of the molecule is CCCCCCC/C=C\C/C=C\CCCCCCCCCCCC(=O)NC(COP(=O)([O-])OCC[N+](C)(C)C)C(O)CCCCCCCCCCCCCCCCCCCCCCCCCCCCCCC. The van der Waals surface area contributed by atoms with Crippen molar-refractivity contribution in [1.29, 1.82) is 0 Å². The van der Waals surface area contributed by atoms with Crippen LogP contribution in [0.5, 0.6) is 0 Å². The van der Waals surface area contributed by atoms with Crippen LogP contribution >= 0.6 is 7.82 Å². The van der Waals surface area contributed by atoms with Crippen molar-refractivity contribution >= 4 is 13.7 Å². The first-order chi connectivity index (χ1) is 35.0. The molecule has 0 aromatic rings. The highest BCUT2D eigenvalue weighted by Crippen LogP contribution is 2.38. The molecule has 0 aromatic heterocycles. The van der Waals surface area contributed by atoms with Crippen molar-refractivity contribution in [3.05, 3.63) is 24.3 Å². The summed E-state index contributed by atoms with van der Waals surface area (Å²) in [5, 5.41) is 14.1. The van der Waals surface area contributed by atoms with Gasteiger partial charge in [0.15, 0.2) is 0 Å². The van der Waals surface area contributed by atoms with Crippen molar-refractivity contribution in [2.75, 3.05) is 40.9 Å². The van der Waals surface area contributed by atoms with E-state index in [1.165, 1.54) is 250 Å². The van der Waals surface area contributed by atoms with E-state index in [4.69, 9.17) is 9.05 Å². The summed E-state index contributed by atoms with van der Waals surface area (Å²) in [7, 11) is 1.31. The molecule has 0 aliphatic heterocycles. The molecular formula is C63H125N2O6P. The number of phosphoric acid groups is 1. The van der Waals surface area contributed by atoms with Gasteiger partial charge >= 0.3 is 0 Å². The molecule has 0 fully saturated rings. The van der Waals surface area contributed by atoms with Crippen LogP contribution in [0.2, 0.25) is 0 Å². The molecule has 0 radical (unpaired) electrons. The number of aliphatic hydroxyl groups is 1. The van der Waals surface area contributed by atoms with Gasteiger partial charge in [-0.25, -0.2) is 0 Å². The zero-order valence-electron chi connectivity index (χ0n) is 48.9. The van der Waals surface area contributed by atoms with Crippen molar-refractivity contribution in [2.24, 2.45) is 0 Å². The van der Waals surface area contributed by atoms with Crippen LogP contribution in [0.25, 0.3) is 0 Å². The number of nitrogens with zero attached hydrogens (tertiary/aromatic N) is 1. The normalized spacial score (nSPS) is 13.9. The third-order valence-electron chi connectivity index (χ3n) is 14.7. The molecular weight excluding hydrogens is 912 g/mol. The third-order valence-corrected chi connectivity index (χ3v) is 15.7. The van der Waals surface area contributed by atoms with Gasteiger partial charge in [0, 0.05) is 6.42 Å². The van der Waals surface area contributed by atoms with E-state index in [1.807, 2.05) is 21.1 Å². The smallest absolute Gasteiger partial charge is 0.268 e. The molecule has 2 N–H and O–H groups in total. The number of rotatable bonds is 59. The number of hydrogen-bond acceptors (Lipinski definition) is 6. The summed E-state index contributed by atoms with van der Waals surface area (Å²) in [4.78, 5) is 25.6. The molecule has 0 rings (SSSR count). The first-order valence-corrected chi connectivity index (χ1v) is 33.1. The van der Waals surface area contributed by atoms with E-state index in [0.717, 1.165) is 44.9 Å². The van der Waals surface area contributed by atoms with E-state index in [0.29, 0.717) is 23.9 Å². The van der Waals surface area contributed by atoms with Crippen LogP contribution in [-0.4, -0.2) is 68.5 Å². The molecule has 72 heavy (non-hydrogen) atoms. The van der Waals surface area contributed by atoms with E-state index < -0.39 is 20.0 Å². The van der Waals surface area contributed by atoms with Gasteiger partial charge in [0.2, 0.25) is 5.91 Å². The number of carbonyl (C=O) groups is 1. The Morgan fingerprint density at radius 1 is 0.486 bits per heavy atom. The quantitative estimate of drug-likeness (QED) is 0.0272. The minimum absolute atomic E-state index is 0.0127. The number of hydrogen-bond donors (Lipinski definition) is 2. The minimum Gasteiger partial charge on any atom is -0.756 e. The van der Waals surface area contributed by atoms with E-state index in [9.17, 15) is 19.4 Å². The number of aliphatic hydroxyl groups excluding tert-OH is 1. The van der Waals surface area contributed by atoms with Crippen molar-refractivity contribution in [2.45, 2.75) is 334 Å². The number of amides is 1. The monoisotopic (exact) mass is 1040 g/mol. The highest BCUT2D eigenvalue weighted by atomic mass is 31.2.